The first-order valence-electron chi connectivity index (χ1n) is 4.93. The highest BCUT2D eigenvalue weighted by Crippen LogP contribution is 2.24. The fourth-order valence-electron chi connectivity index (χ4n) is 1.27. The molecule has 2 N–H and O–H groups in total. The van der Waals surface area contributed by atoms with Crippen LogP contribution in [0.4, 0.5) is 10.1 Å². The van der Waals surface area contributed by atoms with E-state index in [0.717, 1.165) is 5.03 Å². The zero-order chi connectivity index (χ0) is 12.3. The molecule has 0 fully saturated rings. The third-order valence-corrected chi connectivity index (χ3v) is 3.38. The summed E-state index contributed by atoms with van der Waals surface area (Å²) >= 11 is 7.13. The molecule has 0 saturated carbocycles. The van der Waals surface area contributed by atoms with Crippen LogP contribution in [0.2, 0.25) is 5.02 Å². The van der Waals surface area contributed by atoms with Crippen LogP contribution in [0.5, 0.6) is 0 Å². The van der Waals surface area contributed by atoms with E-state index in [1.807, 2.05) is 6.07 Å². The lowest BCUT2D eigenvalue weighted by atomic mass is 10.2. The Morgan fingerprint density at radius 1 is 1.29 bits per heavy atom. The minimum atomic E-state index is -0.291. The molecule has 0 radical (unpaired) electrons. The number of anilines is 1. The summed E-state index contributed by atoms with van der Waals surface area (Å²) in [6, 6.07) is 8.26. The maximum Gasteiger partial charge on any atom is 0.128 e. The summed E-state index contributed by atoms with van der Waals surface area (Å²) in [5.41, 5.74) is 6.76. The van der Waals surface area contributed by atoms with Crippen LogP contribution in [0, 0.1) is 5.82 Å². The van der Waals surface area contributed by atoms with Crippen molar-refractivity contribution >= 4 is 29.1 Å². The van der Waals surface area contributed by atoms with Crippen LogP contribution in [0.25, 0.3) is 0 Å². The molecule has 2 aromatic rings. The number of nitrogens with zero attached hydrogens (tertiary/aromatic N) is 1. The van der Waals surface area contributed by atoms with Gasteiger partial charge < -0.3 is 5.73 Å². The number of aromatic nitrogens is 1. The molecule has 1 aromatic heterocycles. The Bertz CT molecular complexity index is 516. The maximum absolute atomic E-state index is 13.5. The summed E-state index contributed by atoms with van der Waals surface area (Å²) in [6.07, 6.45) is 1.58. The van der Waals surface area contributed by atoms with E-state index in [4.69, 9.17) is 17.3 Å². The van der Waals surface area contributed by atoms with Gasteiger partial charge >= 0.3 is 0 Å². The van der Waals surface area contributed by atoms with Gasteiger partial charge in [-0.3, -0.25) is 0 Å². The quantitative estimate of drug-likeness (QED) is 0.862. The highest BCUT2D eigenvalue weighted by Gasteiger charge is 2.04. The van der Waals surface area contributed by atoms with E-state index in [1.54, 1.807) is 24.4 Å². The molecular weight excluding hydrogens is 259 g/mol. The van der Waals surface area contributed by atoms with E-state index in [9.17, 15) is 4.39 Å². The monoisotopic (exact) mass is 268 g/mol. The van der Waals surface area contributed by atoms with Crippen molar-refractivity contribution in [2.75, 3.05) is 5.73 Å². The molecule has 0 saturated heterocycles. The first-order valence-corrected chi connectivity index (χ1v) is 6.30. The van der Waals surface area contributed by atoms with Crippen LogP contribution in [0.15, 0.2) is 41.6 Å². The second-order valence-electron chi connectivity index (χ2n) is 3.45. The van der Waals surface area contributed by atoms with Gasteiger partial charge in [0.1, 0.15) is 5.82 Å². The Morgan fingerprint density at radius 2 is 2.12 bits per heavy atom. The van der Waals surface area contributed by atoms with Crippen molar-refractivity contribution in [2.45, 2.75) is 10.8 Å². The highest BCUT2D eigenvalue weighted by atomic mass is 35.5. The standard InChI is InChI=1S/C12H10ClFN2S/c13-9-2-1-8(11(14)5-9)7-17-12-4-3-10(15)6-16-12/h1-6H,7,15H2. The summed E-state index contributed by atoms with van der Waals surface area (Å²) in [4.78, 5) is 4.13. The summed E-state index contributed by atoms with van der Waals surface area (Å²) in [6.45, 7) is 0. The van der Waals surface area contributed by atoms with Gasteiger partial charge in [0, 0.05) is 10.8 Å². The number of thioether (sulfide) groups is 1. The molecule has 0 spiro atoms. The first kappa shape index (κ1) is 12.2. The van der Waals surface area contributed by atoms with E-state index >= 15 is 0 Å². The minimum absolute atomic E-state index is 0.291. The molecule has 1 aromatic carbocycles. The molecule has 2 rings (SSSR count). The summed E-state index contributed by atoms with van der Waals surface area (Å²) in [5, 5.41) is 1.22. The summed E-state index contributed by atoms with van der Waals surface area (Å²) < 4.78 is 13.5. The Kier molecular flexibility index (Phi) is 3.86. The third-order valence-electron chi connectivity index (χ3n) is 2.15. The van der Waals surface area contributed by atoms with Crippen LogP contribution in [0.1, 0.15) is 5.56 Å². The predicted octanol–water partition coefficient (Wildman–Crippen LogP) is 3.75. The van der Waals surface area contributed by atoms with Crippen molar-refractivity contribution in [3.8, 4) is 0 Å². The molecule has 0 aliphatic heterocycles. The molecule has 0 unspecified atom stereocenters. The van der Waals surface area contributed by atoms with Gasteiger partial charge in [-0.15, -0.1) is 11.8 Å². The zero-order valence-electron chi connectivity index (χ0n) is 8.86. The van der Waals surface area contributed by atoms with Gasteiger partial charge in [-0.25, -0.2) is 9.37 Å². The molecule has 17 heavy (non-hydrogen) atoms. The Morgan fingerprint density at radius 3 is 2.76 bits per heavy atom. The van der Waals surface area contributed by atoms with Crippen molar-refractivity contribution in [1.82, 2.24) is 4.98 Å². The second-order valence-corrected chi connectivity index (χ2v) is 4.89. The molecule has 0 amide bonds. The smallest absolute Gasteiger partial charge is 0.128 e. The summed E-state index contributed by atoms with van der Waals surface area (Å²) in [7, 11) is 0. The van der Waals surface area contributed by atoms with Crippen LogP contribution in [-0.4, -0.2) is 4.98 Å². The predicted molar refractivity (Wildman–Crippen MR) is 69.6 cm³/mol. The largest absolute Gasteiger partial charge is 0.397 e. The molecule has 1 heterocycles. The van der Waals surface area contributed by atoms with E-state index in [0.29, 0.717) is 22.0 Å². The molecule has 2 nitrogen and oxygen atoms in total. The van der Waals surface area contributed by atoms with Crippen LogP contribution >= 0.6 is 23.4 Å². The Labute approximate surface area is 108 Å². The van der Waals surface area contributed by atoms with Crippen LogP contribution < -0.4 is 5.73 Å². The van der Waals surface area contributed by atoms with E-state index in [2.05, 4.69) is 4.98 Å². The molecule has 5 heteroatoms. The van der Waals surface area contributed by atoms with Gasteiger partial charge in [0.15, 0.2) is 0 Å². The number of pyridine rings is 1. The van der Waals surface area contributed by atoms with Gasteiger partial charge in [0.2, 0.25) is 0 Å². The lowest BCUT2D eigenvalue weighted by Crippen LogP contribution is -1.89. The van der Waals surface area contributed by atoms with E-state index in [-0.39, 0.29) is 5.82 Å². The minimum Gasteiger partial charge on any atom is -0.397 e. The fourth-order valence-corrected chi connectivity index (χ4v) is 2.26. The number of hydrogen-bond acceptors (Lipinski definition) is 3. The Balaban J connectivity index is 2.04. The molecule has 0 aliphatic carbocycles. The molecule has 0 bridgehead atoms. The Hall–Kier alpha value is -1.26. The number of rotatable bonds is 3. The van der Waals surface area contributed by atoms with Crippen LogP contribution in [0.3, 0.4) is 0 Å². The van der Waals surface area contributed by atoms with Gasteiger partial charge in [-0.2, -0.15) is 0 Å². The SMILES string of the molecule is Nc1ccc(SCc2ccc(Cl)cc2F)nc1. The normalized spacial score (nSPS) is 10.5. The molecule has 0 aliphatic rings. The lowest BCUT2D eigenvalue weighted by Gasteiger charge is -2.03. The lowest BCUT2D eigenvalue weighted by molar-refractivity contribution is 0.617. The number of nitrogens with two attached hydrogens (primary N) is 1. The fraction of sp³-hybridized carbons (Fsp3) is 0.0833. The van der Waals surface area contributed by atoms with Gasteiger partial charge in [0.25, 0.3) is 0 Å². The average Bonchev–Trinajstić information content (AvgIpc) is 2.30. The van der Waals surface area contributed by atoms with Crippen molar-refractivity contribution in [3.05, 3.63) is 52.9 Å². The van der Waals surface area contributed by atoms with E-state index in [1.165, 1.54) is 17.8 Å². The highest BCUT2D eigenvalue weighted by molar-refractivity contribution is 7.98. The molecule has 0 atom stereocenters. The van der Waals surface area contributed by atoms with Crippen molar-refractivity contribution in [2.24, 2.45) is 0 Å². The van der Waals surface area contributed by atoms with Gasteiger partial charge in [-0.1, -0.05) is 17.7 Å². The average molecular weight is 269 g/mol. The van der Waals surface area contributed by atoms with Crippen molar-refractivity contribution < 1.29 is 4.39 Å². The van der Waals surface area contributed by atoms with Crippen molar-refractivity contribution in [1.29, 1.82) is 0 Å². The third kappa shape index (κ3) is 3.35. The molecular formula is C12H10ClFN2S. The number of benzene rings is 1. The number of halogens is 2. The van der Waals surface area contributed by atoms with Gasteiger partial charge in [0.05, 0.1) is 16.9 Å². The summed E-state index contributed by atoms with van der Waals surface area (Å²) in [5.74, 6) is 0.223. The maximum atomic E-state index is 13.5. The van der Waals surface area contributed by atoms with Crippen LogP contribution in [-0.2, 0) is 5.75 Å². The first-order chi connectivity index (χ1) is 8.15. The second kappa shape index (κ2) is 5.38. The number of nitrogen functional groups attached to an aromatic ring is 1. The molecule has 88 valence electrons. The zero-order valence-corrected chi connectivity index (χ0v) is 10.4. The van der Waals surface area contributed by atoms with E-state index < -0.39 is 0 Å². The van der Waals surface area contributed by atoms with Crippen molar-refractivity contribution in [3.63, 3.8) is 0 Å². The topological polar surface area (TPSA) is 38.9 Å². The number of hydrogen-bond donors (Lipinski definition) is 1. The van der Waals surface area contributed by atoms with Gasteiger partial charge in [-0.05, 0) is 29.8 Å².